The summed E-state index contributed by atoms with van der Waals surface area (Å²) in [4.78, 5) is 12.6. The number of aromatic nitrogens is 2. The Bertz CT molecular complexity index is 998. The van der Waals surface area contributed by atoms with Crippen LogP contribution in [0.2, 0.25) is 0 Å². The van der Waals surface area contributed by atoms with Gasteiger partial charge in [-0.15, -0.1) is 0 Å². The molecule has 4 rings (SSSR count). The van der Waals surface area contributed by atoms with E-state index >= 15 is 0 Å². The van der Waals surface area contributed by atoms with Gasteiger partial charge in [0, 0.05) is 18.3 Å². The van der Waals surface area contributed by atoms with Gasteiger partial charge >= 0.3 is 0 Å². The van der Waals surface area contributed by atoms with Crippen molar-refractivity contribution in [3.05, 3.63) is 82.7 Å². The lowest BCUT2D eigenvalue weighted by Gasteiger charge is -2.22. The molecule has 2 aromatic carbocycles. The van der Waals surface area contributed by atoms with Crippen LogP contribution in [0, 0.1) is 6.92 Å². The van der Waals surface area contributed by atoms with Gasteiger partial charge in [-0.05, 0) is 42.2 Å². The predicted octanol–water partition coefficient (Wildman–Crippen LogP) is 3.29. The Morgan fingerprint density at radius 2 is 2.10 bits per heavy atom. The summed E-state index contributed by atoms with van der Waals surface area (Å²) in [6.45, 7) is 3.67. The zero-order valence-electron chi connectivity index (χ0n) is 16.7. The first-order chi connectivity index (χ1) is 14.1. The summed E-state index contributed by atoms with van der Waals surface area (Å²) < 4.78 is 13.2. The minimum atomic E-state index is -0.243. The van der Waals surface area contributed by atoms with Crippen molar-refractivity contribution in [2.45, 2.75) is 26.0 Å². The molecular weight excluding hydrogens is 366 g/mol. The number of carbonyl (C=O) groups is 1. The average Bonchev–Trinajstić information content (AvgIpc) is 3.16. The molecule has 0 aliphatic carbocycles. The van der Waals surface area contributed by atoms with Crippen LogP contribution in [0.1, 0.15) is 38.8 Å². The highest BCUT2D eigenvalue weighted by Crippen LogP contribution is 2.26. The van der Waals surface area contributed by atoms with Gasteiger partial charge in [0.2, 0.25) is 0 Å². The van der Waals surface area contributed by atoms with Crippen molar-refractivity contribution in [2.24, 2.45) is 0 Å². The number of rotatable bonds is 6. The molecule has 0 spiro atoms. The molecule has 0 saturated carbocycles. The third kappa shape index (κ3) is 4.32. The number of hydrogen-bond donors (Lipinski definition) is 1. The van der Waals surface area contributed by atoms with E-state index in [1.54, 1.807) is 19.2 Å². The van der Waals surface area contributed by atoms with Crippen molar-refractivity contribution in [1.29, 1.82) is 0 Å². The SMILES string of the molecule is COc1cc(C(=O)NC[C@H]2OCCc3cn(Cc4ccccc4)nc32)ccc1C. The number of nitrogens with one attached hydrogen (secondary N) is 1. The number of amides is 1. The van der Waals surface area contributed by atoms with Gasteiger partial charge in [0.15, 0.2) is 0 Å². The highest BCUT2D eigenvalue weighted by molar-refractivity contribution is 5.94. The molecule has 1 N–H and O–H groups in total. The van der Waals surface area contributed by atoms with Crippen molar-refractivity contribution in [3.8, 4) is 5.75 Å². The molecule has 1 aromatic heterocycles. The van der Waals surface area contributed by atoms with E-state index < -0.39 is 0 Å². The molecule has 0 radical (unpaired) electrons. The Morgan fingerprint density at radius 3 is 2.90 bits per heavy atom. The van der Waals surface area contributed by atoms with E-state index in [0.29, 0.717) is 24.5 Å². The largest absolute Gasteiger partial charge is 0.496 e. The summed E-state index contributed by atoms with van der Waals surface area (Å²) in [5.41, 5.74) is 4.86. The maximum Gasteiger partial charge on any atom is 0.251 e. The number of fused-ring (bicyclic) bond motifs is 1. The van der Waals surface area contributed by atoms with E-state index in [2.05, 4.69) is 23.6 Å². The number of hydrogen-bond acceptors (Lipinski definition) is 4. The number of carbonyl (C=O) groups excluding carboxylic acids is 1. The predicted molar refractivity (Wildman–Crippen MR) is 110 cm³/mol. The summed E-state index contributed by atoms with van der Waals surface area (Å²) in [6, 6.07) is 15.7. The molecule has 0 unspecified atom stereocenters. The number of methoxy groups -OCH3 is 1. The van der Waals surface area contributed by atoms with E-state index in [0.717, 1.165) is 24.2 Å². The molecule has 1 atom stereocenters. The Balaban J connectivity index is 1.44. The number of ether oxygens (including phenoxy) is 2. The fourth-order valence-corrected chi connectivity index (χ4v) is 3.59. The minimum absolute atomic E-state index is 0.150. The van der Waals surface area contributed by atoms with E-state index in [9.17, 15) is 4.79 Å². The number of benzene rings is 2. The molecule has 6 heteroatoms. The second-order valence-electron chi connectivity index (χ2n) is 7.23. The smallest absolute Gasteiger partial charge is 0.251 e. The molecule has 3 aromatic rings. The second kappa shape index (κ2) is 8.49. The molecule has 6 nitrogen and oxygen atoms in total. The van der Waals surface area contributed by atoms with Crippen LogP contribution in [0.4, 0.5) is 0 Å². The molecule has 1 aliphatic rings. The standard InChI is InChI=1S/C23H25N3O3/c1-16-8-9-18(12-20(16)28-2)23(27)24-13-21-22-19(10-11-29-21)15-26(25-22)14-17-6-4-3-5-7-17/h3-9,12,15,21H,10-11,13-14H2,1-2H3,(H,24,27)/t21-/m1/s1. The molecule has 1 aliphatic heterocycles. The Hall–Kier alpha value is -3.12. The van der Waals surface area contributed by atoms with Gasteiger partial charge in [-0.3, -0.25) is 9.48 Å². The van der Waals surface area contributed by atoms with Crippen LogP contribution in [-0.4, -0.2) is 35.9 Å². The van der Waals surface area contributed by atoms with Crippen LogP contribution < -0.4 is 10.1 Å². The van der Waals surface area contributed by atoms with Crippen LogP contribution in [0.3, 0.4) is 0 Å². The van der Waals surface area contributed by atoms with Gasteiger partial charge in [-0.1, -0.05) is 36.4 Å². The molecule has 0 saturated heterocycles. The zero-order valence-corrected chi connectivity index (χ0v) is 16.7. The molecule has 0 fully saturated rings. The normalized spacial score (nSPS) is 15.6. The van der Waals surface area contributed by atoms with Crippen molar-refractivity contribution < 1.29 is 14.3 Å². The topological polar surface area (TPSA) is 65.4 Å². The third-order valence-electron chi connectivity index (χ3n) is 5.17. The number of aryl methyl sites for hydroxylation is 1. The Morgan fingerprint density at radius 1 is 1.28 bits per heavy atom. The van der Waals surface area contributed by atoms with Gasteiger partial charge in [0.25, 0.3) is 5.91 Å². The van der Waals surface area contributed by atoms with E-state index in [1.807, 2.05) is 35.9 Å². The fraction of sp³-hybridized carbons (Fsp3) is 0.304. The van der Waals surface area contributed by atoms with Crippen LogP contribution in [0.5, 0.6) is 5.75 Å². The molecule has 150 valence electrons. The lowest BCUT2D eigenvalue weighted by atomic mass is 10.1. The summed E-state index contributed by atoms with van der Waals surface area (Å²) in [5.74, 6) is 0.552. The van der Waals surface area contributed by atoms with Crippen LogP contribution in [-0.2, 0) is 17.7 Å². The fourth-order valence-electron chi connectivity index (χ4n) is 3.59. The Kier molecular flexibility index (Phi) is 5.62. The molecule has 0 bridgehead atoms. The van der Waals surface area contributed by atoms with E-state index in [-0.39, 0.29) is 12.0 Å². The molecule has 1 amide bonds. The van der Waals surface area contributed by atoms with Crippen molar-refractivity contribution in [2.75, 3.05) is 20.3 Å². The average molecular weight is 391 g/mol. The quantitative estimate of drug-likeness (QED) is 0.700. The molecular formula is C23H25N3O3. The first kappa shape index (κ1) is 19.2. The lowest BCUT2D eigenvalue weighted by molar-refractivity contribution is 0.0383. The van der Waals surface area contributed by atoms with Gasteiger partial charge in [-0.25, -0.2) is 0 Å². The maximum absolute atomic E-state index is 12.6. The number of nitrogens with zero attached hydrogens (tertiary/aromatic N) is 2. The zero-order chi connectivity index (χ0) is 20.2. The highest BCUT2D eigenvalue weighted by Gasteiger charge is 2.25. The van der Waals surface area contributed by atoms with Crippen LogP contribution >= 0.6 is 0 Å². The van der Waals surface area contributed by atoms with Crippen molar-refractivity contribution >= 4 is 5.91 Å². The molecule has 2 heterocycles. The first-order valence-corrected chi connectivity index (χ1v) is 9.78. The Labute approximate surface area is 170 Å². The van der Waals surface area contributed by atoms with Crippen LogP contribution in [0.25, 0.3) is 0 Å². The minimum Gasteiger partial charge on any atom is -0.496 e. The first-order valence-electron chi connectivity index (χ1n) is 9.78. The van der Waals surface area contributed by atoms with E-state index in [1.165, 1.54) is 11.1 Å². The maximum atomic E-state index is 12.6. The monoisotopic (exact) mass is 391 g/mol. The summed E-state index contributed by atoms with van der Waals surface area (Å²) in [7, 11) is 1.60. The lowest BCUT2D eigenvalue weighted by Crippen LogP contribution is -2.32. The summed E-state index contributed by atoms with van der Waals surface area (Å²) in [5, 5.41) is 7.71. The summed E-state index contributed by atoms with van der Waals surface area (Å²) >= 11 is 0. The van der Waals surface area contributed by atoms with Crippen molar-refractivity contribution in [1.82, 2.24) is 15.1 Å². The van der Waals surface area contributed by atoms with Gasteiger partial charge in [-0.2, -0.15) is 5.10 Å². The van der Waals surface area contributed by atoms with Gasteiger partial charge in [0.1, 0.15) is 11.9 Å². The third-order valence-corrected chi connectivity index (χ3v) is 5.17. The van der Waals surface area contributed by atoms with E-state index in [4.69, 9.17) is 14.6 Å². The highest BCUT2D eigenvalue weighted by atomic mass is 16.5. The van der Waals surface area contributed by atoms with Crippen molar-refractivity contribution in [3.63, 3.8) is 0 Å². The van der Waals surface area contributed by atoms with Gasteiger partial charge in [0.05, 0.1) is 26.0 Å². The molecule has 29 heavy (non-hydrogen) atoms. The summed E-state index contributed by atoms with van der Waals surface area (Å²) in [6.07, 6.45) is 2.68. The second-order valence-corrected chi connectivity index (χ2v) is 7.23. The van der Waals surface area contributed by atoms with Crippen LogP contribution in [0.15, 0.2) is 54.7 Å². The van der Waals surface area contributed by atoms with Gasteiger partial charge < -0.3 is 14.8 Å².